The van der Waals surface area contributed by atoms with Crippen LogP contribution < -0.4 is 0 Å². The SMILES string of the molecule is OC(c1ccc(F)c(Br)c1)c1ccccc1I. The largest absolute Gasteiger partial charge is 0.384 e. The van der Waals surface area contributed by atoms with Gasteiger partial charge in [-0.3, -0.25) is 0 Å². The fraction of sp³-hybridized carbons (Fsp3) is 0.0769. The highest BCUT2D eigenvalue weighted by Gasteiger charge is 2.14. The van der Waals surface area contributed by atoms with Crippen molar-refractivity contribution in [3.05, 3.63) is 67.5 Å². The van der Waals surface area contributed by atoms with E-state index in [0.29, 0.717) is 10.0 Å². The van der Waals surface area contributed by atoms with Crippen molar-refractivity contribution in [2.24, 2.45) is 0 Å². The van der Waals surface area contributed by atoms with E-state index in [4.69, 9.17) is 0 Å². The Kier molecular flexibility index (Phi) is 4.17. The molecule has 0 aromatic heterocycles. The van der Waals surface area contributed by atoms with E-state index in [1.165, 1.54) is 6.07 Å². The quantitative estimate of drug-likeness (QED) is 0.738. The predicted molar refractivity (Wildman–Crippen MR) is 77.3 cm³/mol. The van der Waals surface area contributed by atoms with Gasteiger partial charge in [0, 0.05) is 3.57 Å². The Bertz CT molecular complexity index is 545. The summed E-state index contributed by atoms with van der Waals surface area (Å²) in [6.07, 6.45) is -0.736. The molecule has 0 bridgehead atoms. The Labute approximate surface area is 121 Å². The van der Waals surface area contributed by atoms with Gasteiger partial charge in [-0.05, 0) is 67.8 Å². The van der Waals surface area contributed by atoms with E-state index in [1.807, 2.05) is 24.3 Å². The van der Waals surface area contributed by atoms with Crippen LogP contribution in [0.2, 0.25) is 0 Å². The van der Waals surface area contributed by atoms with Crippen LogP contribution >= 0.6 is 38.5 Å². The third kappa shape index (κ3) is 2.86. The van der Waals surface area contributed by atoms with Gasteiger partial charge < -0.3 is 5.11 Å². The molecule has 0 radical (unpaired) electrons. The first kappa shape index (κ1) is 13.0. The third-order valence-corrected chi connectivity index (χ3v) is 4.05. The zero-order chi connectivity index (χ0) is 12.4. The number of rotatable bonds is 2. The summed E-state index contributed by atoms with van der Waals surface area (Å²) in [6, 6.07) is 12.1. The summed E-state index contributed by atoms with van der Waals surface area (Å²) in [5.74, 6) is -0.330. The molecule has 2 aromatic carbocycles. The minimum atomic E-state index is -0.736. The zero-order valence-electron chi connectivity index (χ0n) is 8.70. The highest BCUT2D eigenvalue weighted by atomic mass is 127. The summed E-state index contributed by atoms with van der Waals surface area (Å²) in [7, 11) is 0. The molecule has 0 heterocycles. The average molecular weight is 407 g/mol. The topological polar surface area (TPSA) is 20.2 Å². The van der Waals surface area contributed by atoms with Crippen molar-refractivity contribution in [1.29, 1.82) is 0 Å². The first-order valence-electron chi connectivity index (χ1n) is 4.97. The Morgan fingerprint density at radius 3 is 2.53 bits per heavy atom. The summed E-state index contributed by atoms with van der Waals surface area (Å²) < 4.78 is 14.5. The molecule has 1 nitrogen and oxygen atoms in total. The van der Waals surface area contributed by atoms with Crippen LogP contribution in [0.1, 0.15) is 17.2 Å². The van der Waals surface area contributed by atoms with Crippen LogP contribution in [0.3, 0.4) is 0 Å². The van der Waals surface area contributed by atoms with Gasteiger partial charge >= 0.3 is 0 Å². The van der Waals surface area contributed by atoms with Gasteiger partial charge in [-0.25, -0.2) is 4.39 Å². The molecule has 2 rings (SSSR count). The van der Waals surface area contributed by atoms with Gasteiger partial charge in [0.1, 0.15) is 11.9 Å². The molecule has 0 aliphatic heterocycles. The number of benzene rings is 2. The summed E-state index contributed by atoms with van der Waals surface area (Å²) in [5, 5.41) is 10.2. The molecule has 1 unspecified atom stereocenters. The second kappa shape index (κ2) is 5.46. The van der Waals surface area contributed by atoms with E-state index in [0.717, 1.165) is 9.13 Å². The first-order chi connectivity index (χ1) is 8.09. The van der Waals surface area contributed by atoms with Crippen molar-refractivity contribution >= 4 is 38.5 Å². The van der Waals surface area contributed by atoms with Crippen molar-refractivity contribution < 1.29 is 9.50 Å². The number of hydrogen-bond acceptors (Lipinski definition) is 1. The maximum absolute atomic E-state index is 13.1. The standard InChI is InChI=1S/C13H9BrFIO/c14-10-7-8(5-6-11(10)15)13(17)9-3-1-2-4-12(9)16/h1-7,13,17H. The van der Waals surface area contributed by atoms with Gasteiger partial charge in [0.25, 0.3) is 0 Å². The summed E-state index contributed by atoms with van der Waals surface area (Å²) in [5.41, 5.74) is 1.49. The van der Waals surface area contributed by atoms with E-state index < -0.39 is 6.10 Å². The van der Waals surface area contributed by atoms with E-state index in [2.05, 4.69) is 38.5 Å². The molecule has 88 valence electrons. The van der Waals surface area contributed by atoms with E-state index in [9.17, 15) is 9.50 Å². The minimum absolute atomic E-state index is 0.330. The van der Waals surface area contributed by atoms with Gasteiger partial charge in [0.15, 0.2) is 0 Å². The highest BCUT2D eigenvalue weighted by Crippen LogP contribution is 2.28. The first-order valence-corrected chi connectivity index (χ1v) is 6.84. The average Bonchev–Trinajstić information content (AvgIpc) is 2.32. The van der Waals surface area contributed by atoms with Crippen LogP contribution in [0.25, 0.3) is 0 Å². The van der Waals surface area contributed by atoms with Crippen molar-refractivity contribution in [3.63, 3.8) is 0 Å². The maximum Gasteiger partial charge on any atom is 0.137 e. The molecule has 17 heavy (non-hydrogen) atoms. The monoisotopic (exact) mass is 406 g/mol. The predicted octanol–water partition coefficient (Wildman–Crippen LogP) is 4.27. The van der Waals surface area contributed by atoms with Crippen molar-refractivity contribution in [2.75, 3.05) is 0 Å². The van der Waals surface area contributed by atoms with Gasteiger partial charge in [-0.2, -0.15) is 0 Å². The molecule has 0 saturated carbocycles. The summed E-state index contributed by atoms with van der Waals surface area (Å²) in [4.78, 5) is 0. The Morgan fingerprint density at radius 2 is 1.88 bits per heavy atom. The highest BCUT2D eigenvalue weighted by molar-refractivity contribution is 14.1. The third-order valence-electron chi connectivity index (χ3n) is 2.46. The van der Waals surface area contributed by atoms with Crippen LogP contribution in [0.15, 0.2) is 46.9 Å². The van der Waals surface area contributed by atoms with E-state index >= 15 is 0 Å². The van der Waals surface area contributed by atoms with Crippen molar-refractivity contribution in [1.82, 2.24) is 0 Å². The maximum atomic E-state index is 13.1. The molecule has 1 N–H and O–H groups in total. The lowest BCUT2D eigenvalue weighted by molar-refractivity contribution is 0.219. The number of hydrogen-bond donors (Lipinski definition) is 1. The smallest absolute Gasteiger partial charge is 0.137 e. The van der Waals surface area contributed by atoms with Gasteiger partial charge in [0.2, 0.25) is 0 Å². The molecule has 0 fully saturated rings. The number of aliphatic hydroxyl groups is 1. The molecule has 2 aromatic rings. The summed E-state index contributed by atoms with van der Waals surface area (Å²) >= 11 is 5.29. The van der Waals surface area contributed by atoms with Crippen molar-refractivity contribution in [3.8, 4) is 0 Å². The molecule has 1 atom stereocenters. The molecule has 4 heteroatoms. The van der Waals surface area contributed by atoms with Gasteiger partial charge in [-0.15, -0.1) is 0 Å². The zero-order valence-corrected chi connectivity index (χ0v) is 12.4. The van der Waals surface area contributed by atoms with Crippen molar-refractivity contribution in [2.45, 2.75) is 6.10 Å². The molecule has 0 aliphatic rings. The second-order valence-corrected chi connectivity index (χ2v) is 5.61. The van der Waals surface area contributed by atoms with Crippen LogP contribution in [-0.4, -0.2) is 5.11 Å². The molecular formula is C13H9BrFIO. The number of aliphatic hydroxyl groups excluding tert-OH is 1. The van der Waals surface area contributed by atoms with Crippen LogP contribution in [0.4, 0.5) is 4.39 Å². The van der Waals surface area contributed by atoms with Gasteiger partial charge in [-0.1, -0.05) is 24.3 Å². The van der Waals surface area contributed by atoms with E-state index in [-0.39, 0.29) is 5.82 Å². The van der Waals surface area contributed by atoms with Crippen LogP contribution in [0.5, 0.6) is 0 Å². The fourth-order valence-electron chi connectivity index (χ4n) is 1.56. The lowest BCUT2D eigenvalue weighted by Crippen LogP contribution is -2.02. The van der Waals surface area contributed by atoms with Gasteiger partial charge in [0.05, 0.1) is 4.47 Å². The minimum Gasteiger partial charge on any atom is -0.384 e. The Balaban J connectivity index is 2.40. The van der Waals surface area contributed by atoms with E-state index in [1.54, 1.807) is 12.1 Å². The second-order valence-electron chi connectivity index (χ2n) is 3.60. The van der Waals surface area contributed by atoms with Crippen LogP contribution in [0, 0.1) is 9.39 Å². The fourth-order valence-corrected chi connectivity index (χ4v) is 2.64. The molecule has 0 amide bonds. The Morgan fingerprint density at radius 1 is 1.18 bits per heavy atom. The lowest BCUT2D eigenvalue weighted by Gasteiger charge is -2.13. The number of halogens is 3. The summed E-state index contributed by atoms with van der Waals surface area (Å²) in [6.45, 7) is 0. The Hall–Kier alpha value is -0.460. The molecule has 0 aliphatic carbocycles. The normalized spacial score (nSPS) is 12.5. The van der Waals surface area contributed by atoms with Crippen LogP contribution in [-0.2, 0) is 0 Å². The molecule has 0 spiro atoms. The molecular weight excluding hydrogens is 398 g/mol. The molecule has 0 saturated heterocycles. The lowest BCUT2D eigenvalue weighted by atomic mass is 10.0.